The highest BCUT2D eigenvalue weighted by molar-refractivity contribution is 5.28. The first-order chi connectivity index (χ1) is 9.82. The van der Waals surface area contributed by atoms with Crippen molar-refractivity contribution in [2.24, 2.45) is 0 Å². The van der Waals surface area contributed by atoms with Crippen LogP contribution in [0.15, 0.2) is 36.4 Å². The van der Waals surface area contributed by atoms with Crippen molar-refractivity contribution in [3.63, 3.8) is 0 Å². The Morgan fingerprint density at radius 2 is 1.76 bits per heavy atom. The Kier molecular flexibility index (Phi) is 4.53. The Labute approximate surface area is 123 Å². The Morgan fingerprint density at radius 3 is 2.38 bits per heavy atom. The topological polar surface area (TPSA) is 34.1 Å². The molecule has 0 unspecified atom stereocenters. The number of pyridine rings is 1. The molecule has 2 rings (SSSR count). The summed E-state index contributed by atoms with van der Waals surface area (Å²) in [5.74, 6) is -0.986. The summed E-state index contributed by atoms with van der Waals surface area (Å²) in [7, 11) is 0. The lowest BCUT2D eigenvalue weighted by molar-refractivity contribution is 0.415. The zero-order valence-electron chi connectivity index (χ0n) is 12.3. The van der Waals surface area contributed by atoms with Crippen LogP contribution in [0.25, 0.3) is 0 Å². The number of nitrogens with one attached hydrogen (secondary N) is 1. The largest absolute Gasteiger partial charge is 0.439 e. The van der Waals surface area contributed by atoms with E-state index in [9.17, 15) is 8.78 Å². The summed E-state index contributed by atoms with van der Waals surface area (Å²) in [6, 6.07) is 8.32. The van der Waals surface area contributed by atoms with E-state index in [0.29, 0.717) is 12.4 Å². The predicted octanol–water partition coefficient (Wildman–Crippen LogP) is 4.04. The first-order valence-corrected chi connectivity index (χ1v) is 6.67. The van der Waals surface area contributed by atoms with Gasteiger partial charge in [0.15, 0.2) is 0 Å². The minimum absolute atomic E-state index is 0.0236. The van der Waals surface area contributed by atoms with Crippen LogP contribution in [0.2, 0.25) is 0 Å². The molecule has 0 fully saturated rings. The van der Waals surface area contributed by atoms with Crippen LogP contribution in [0, 0.1) is 11.6 Å². The maximum Gasteiger partial charge on any atom is 0.219 e. The highest BCUT2D eigenvalue weighted by atomic mass is 19.1. The van der Waals surface area contributed by atoms with E-state index in [1.165, 1.54) is 0 Å². The molecule has 0 bridgehead atoms. The van der Waals surface area contributed by atoms with E-state index in [2.05, 4.69) is 31.1 Å². The molecule has 2 aromatic rings. The lowest BCUT2D eigenvalue weighted by Crippen LogP contribution is -2.35. The quantitative estimate of drug-likeness (QED) is 0.923. The van der Waals surface area contributed by atoms with Crippen molar-refractivity contribution in [1.29, 1.82) is 0 Å². The molecule has 1 aromatic heterocycles. The minimum Gasteiger partial charge on any atom is -0.439 e. The molecule has 0 atom stereocenters. The summed E-state index contributed by atoms with van der Waals surface area (Å²) in [4.78, 5) is 4.30. The third-order valence-corrected chi connectivity index (χ3v) is 2.64. The summed E-state index contributed by atoms with van der Waals surface area (Å²) in [5, 5.41) is 3.31. The Balaban J connectivity index is 2.10. The summed E-state index contributed by atoms with van der Waals surface area (Å²) in [6.45, 7) is 6.76. The number of nitrogens with zero attached hydrogens (tertiary/aromatic N) is 1. The van der Waals surface area contributed by atoms with Gasteiger partial charge < -0.3 is 10.1 Å². The average molecular weight is 292 g/mol. The molecule has 1 aromatic carbocycles. The van der Waals surface area contributed by atoms with Gasteiger partial charge in [-0.05, 0) is 26.8 Å². The van der Waals surface area contributed by atoms with E-state index < -0.39 is 11.6 Å². The molecular formula is C16H18F2N2O. The Bertz CT molecular complexity index is 604. The summed E-state index contributed by atoms with van der Waals surface area (Å²) < 4.78 is 31.6. The van der Waals surface area contributed by atoms with Crippen LogP contribution in [0.1, 0.15) is 26.5 Å². The number of ether oxygens (including phenoxy) is 1. The van der Waals surface area contributed by atoms with E-state index in [0.717, 1.165) is 23.9 Å². The third kappa shape index (κ3) is 5.11. The zero-order valence-corrected chi connectivity index (χ0v) is 12.3. The van der Waals surface area contributed by atoms with Crippen molar-refractivity contribution in [2.75, 3.05) is 0 Å². The van der Waals surface area contributed by atoms with Gasteiger partial charge in [-0.2, -0.15) is 0 Å². The second-order valence-electron chi connectivity index (χ2n) is 5.78. The fourth-order valence-electron chi connectivity index (χ4n) is 1.68. The average Bonchev–Trinajstić information content (AvgIpc) is 2.35. The van der Waals surface area contributed by atoms with Crippen LogP contribution in [-0.2, 0) is 6.54 Å². The van der Waals surface area contributed by atoms with Crippen LogP contribution < -0.4 is 10.1 Å². The van der Waals surface area contributed by atoms with Crippen molar-refractivity contribution in [1.82, 2.24) is 10.3 Å². The monoisotopic (exact) mass is 292 g/mol. The molecule has 0 saturated heterocycles. The van der Waals surface area contributed by atoms with Gasteiger partial charge in [-0.25, -0.2) is 13.8 Å². The molecule has 0 aliphatic heterocycles. The Morgan fingerprint density at radius 1 is 1.10 bits per heavy atom. The number of halogens is 2. The first kappa shape index (κ1) is 15.4. The molecule has 0 amide bonds. The van der Waals surface area contributed by atoms with Gasteiger partial charge in [0.05, 0.1) is 5.69 Å². The number of aromatic nitrogens is 1. The van der Waals surface area contributed by atoms with E-state index in [1.807, 2.05) is 6.07 Å². The van der Waals surface area contributed by atoms with Gasteiger partial charge in [-0.15, -0.1) is 0 Å². The highest BCUT2D eigenvalue weighted by Crippen LogP contribution is 2.22. The van der Waals surface area contributed by atoms with Gasteiger partial charge in [0, 0.05) is 36.3 Å². The fourth-order valence-corrected chi connectivity index (χ4v) is 1.68. The number of hydrogen-bond donors (Lipinski definition) is 1. The molecule has 0 aliphatic rings. The zero-order chi connectivity index (χ0) is 15.5. The third-order valence-electron chi connectivity index (χ3n) is 2.64. The van der Waals surface area contributed by atoms with Gasteiger partial charge in [0.25, 0.3) is 0 Å². The van der Waals surface area contributed by atoms with Gasteiger partial charge in [0.1, 0.15) is 17.4 Å². The fraction of sp³-hybridized carbons (Fsp3) is 0.312. The maximum atomic E-state index is 13.1. The first-order valence-electron chi connectivity index (χ1n) is 6.67. The van der Waals surface area contributed by atoms with Crippen molar-refractivity contribution >= 4 is 0 Å². The van der Waals surface area contributed by atoms with Gasteiger partial charge in [0.2, 0.25) is 5.88 Å². The number of hydrogen-bond acceptors (Lipinski definition) is 3. The van der Waals surface area contributed by atoms with Gasteiger partial charge in [-0.3, -0.25) is 0 Å². The van der Waals surface area contributed by atoms with E-state index in [-0.39, 0.29) is 11.3 Å². The molecule has 0 spiro atoms. The van der Waals surface area contributed by atoms with Crippen LogP contribution in [0.4, 0.5) is 8.78 Å². The van der Waals surface area contributed by atoms with Crippen molar-refractivity contribution < 1.29 is 13.5 Å². The molecule has 5 heteroatoms. The summed E-state index contributed by atoms with van der Waals surface area (Å²) in [5.41, 5.74) is 0.767. The molecule has 21 heavy (non-hydrogen) atoms. The highest BCUT2D eigenvalue weighted by Gasteiger charge is 2.10. The second-order valence-corrected chi connectivity index (χ2v) is 5.78. The molecular weight excluding hydrogens is 274 g/mol. The van der Waals surface area contributed by atoms with Gasteiger partial charge >= 0.3 is 0 Å². The molecule has 112 valence electrons. The molecule has 1 N–H and O–H groups in total. The molecule has 0 saturated carbocycles. The minimum atomic E-state index is -0.685. The van der Waals surface area contributed by atoms with Crippen LogP contribution in [0.3, 0.4) is 0 Å². The van der Waals surface area contributed by atoms with Crippen LogP contribution in [-0.4, -0.2) is 10.5 Å². The molecule has 0 radical (unpaired) electrons. The SMILES string of the molecule is CC(C)(C)NCc1cccc(Oc2cc(F)cc(F)c2)n1. The van der Waals surface area contributed by atoms with Crippen molar-refractivity contribution in [3.8, 4) is 11.6 Å². The smallest absolute Gasteiger partial charge is 0.219 e. The van der Waals surface area contributed by atoms with Crippen molar-refractivity contribution in [3.05, 3.63) is 53.7 Å². The van der Waals surface area contributed by atoms with E-state index in [1.54, 1.807) is 12.1 Å². The number of benzene rings is 1. The molecule has 0 aliphatic carbocycles. The Hall–Kier alpha value is -2.01. The normalized spacial score (nSPS) is 11.5. The summed E-state index contributed by atoms with van der Waals surface area (Å²) in [6.07, 6.45) is 0. The lowest BCUT2D eigenvalue weighted by Gasteiger charge is -2.20. The van der Waals surface area contributed by atoms with Crippen molar-refractivity contribution in [2.45, 2.75) is 32.9 Å². The molecule has 1 heterocycles. The standard InChI is InChI=1S/C16H18F2N2O/c1-16(2,3)19-10-13-5-4-6-15(20-13)21-14-8-11(17)7-12(18)9-14/h4-9,19H,10H2,1-3H3. The van der Waals surface area contributed by atoms with E-state index >= 15 is 0 Å². The lowest BCUT2D eigenvalue weighted by atomic mass is 10.1. The predicted molar refractivity (Wildman–Crippen MR) is 77.3 cm³/mol. The van der Waals surface area contributed by atoms with Gasteiger partial charge in [-0.1, -0.05) is 6.07 Å². The van der Waals surface area contributed by atoms with Crippen LogP contribution >= 0.6 is 0 Å². The molecule has 3 nitrogen and oxygen atoms in total. The summed E-state index contributed by atoms with van der Waals surface area (Å²) >= 11 is 0. The van der Waals surface area contributed by atoms with E-state index in [4.69, 9.17) is 4.74 Å². The second kappa shape index (κ2) is 6.18. The maximum absolute atomic E-state index is 13.1. The van der Waals surface area contributed by atoms with Crippen LogP contribution in [0.5, 0.6) is 11.6 Å². The number of rotatable bonds is 4.